The lowest BCUT2D eigenvalue weighted by molar-refractivity contribution is -0.141. The number of benzene rings is 4. The van der Waals surface area contributed by atoms with Crippen molar-refractivity contribution in [1.82, 2.24) is 80.0 Å². The van der Waals surface area contributed by atoms with Gasteiger partial charge in [-0.05, 0) is 173 Å². The first-order valence-electron chi connectivity index (χ1n) is 42.5. The molecule has 21 nitrogen and oxygen atoms in total. The lowest BCUT2D eigenvalue weighted by Crippen LogP contribution is -2.50. The summed E-state index contributed by atoms with van der Waals surface area (Å²) >= 11 is 0. The van der Waals surface area contributed by atoms with Gasteiger partial charge < -0.3 is 24.3 Å². The van der Waals surface area contributed by atoms with Crippen molar-refractivity contribution in [1.29, 1.82) is 0 Å². The molecule has 13 heterocycles. The van der Waals surface area contributed by atoms with Crippen molar-refractivity contribution in [2.75, 3.05) is 111 Å². The maximum Gasteiger partial charge on any atom is 0.419 e. The van der Waals surface area contributed by atoms with E-state index in [0.29, 0.717) is 152 Å². The summed E-state index contributed by atoms with van der Waals surface area (Å²) in [6.07, 6.45) is -11.0. The molecule has 5 saturated heterocycles. The number of aromatic amines is 4. The summed E-state index contributed by atoms with van der Waals surface area (Å²) in [5.41, 5.74) is 4.42. The zero-order valence-corrected chi connectivity index (χ0v) is 69.0. The van der Waals surface area contributed by atoms with E-state index in [2.05, 4.69) is 81.2 Å². The SMILES string of the molecule is CCCN1CCc2c(C(=O)N3CCC(c4cccc(F)c4C(F)(F)F)CC3)n[nH]c2C1.CCCN1CCc2c(C(=O)N3CCC(c4cccc(F)c4C(F)(F)F)CC3)n[nH]c2C1.CCN1CCc2c(C(=O)N3CCC(c4cccc(F)c4C(F)(F)F)CC3)n[nH]c2C1.O=C(c1n[nH]c2c1CN(C1COC1)CC2)N1CCC(c2cccc(F)c2C(F)(F)F)CC1. The molecule has 4 aromatic heterocycles. The Morgan fingerprint density at radius 1 is 0.355 bits per heavy atom. The van der Waals surface area contributed by atoms with Crippen LogP contribution >= 0.6 is 0 Å². The first-order valence-corrected chi connectivity index (χ1v) is 42.5. The molecule has 4 aromatic carbocycles. The maximum atomic E-state index is 14.0. The van der Waals surface area contributed by atoms with Gasteiger partial charge in [-0.1, -0.05) is 69.3 Å². The second-order valence-electron chi connectivity index (χ2n) is 33.3. The van der Waals surface area contributed by atoms with Gasteiger partial charge in [0.15, 0.2) is 22.8 Å². The van der Waals surface area contributed by atoms with E-state index in [1.54, 1.807) is 19.6 Å². The van der Waals surface area contributed by atoms with E-state index < -0.39 is 93.9 Å². The molecule has 124 heavy (non-hydrogen) atoms. The van der Waals surface area contributed by atoms with Crippen molar-refractivity contribution >= 4 is 23.6 Å². The molecule has 0 spiro atoms. The molecular formula is C87H100F16N16O5. The number of amides is 4. The molecule has 0 unspecified atom stereocenters. The molecule has 9 aliphatic rings. The van der Waals surface area contributed by atoms with Crippen molar-refractivity contribution in [2.45, 2.75) is 191 Å². The predicted molar refractivity (Wildman–Crippen MR) is 423 cm³/mol. The molecule has 0 atom stereocenters. The fraction of sp³-hybridized carbons (Fsp3) is 0.540. The quantitative estimate of drug-likeness (QED) is 0.0746. The Hall–Kier alpha value is -9.72. The smallest absolute Gasteiger partial charge is 0.378 e. The molecule has 670 valence electrons. The highest BCUT2D eigenvalue weighted by Crippen LogP contribution is 2.46. The highest BCUT2D eigenvalue weighted by Gasteiger charge is 2.46. The standard InChI is InChI=1S/C22H24F4N4O2.2C22H26F4N4O.C21H24F4N4O/c23-17-3-1-2-15(19(17)22(24,25)26)13-4-7-29(8-5-13)21(31)20-16-10-30(14-11-32-12-14)9-6-18(16)27-28-20;2*1-2-9-29-10-8-16-18(13-29)27-28-20(16)21(31)30-11-6-14(7-12-30)15-4-3-5-17(23)19(15)22(24,25)26;1-2-28-9-8-15-17(12-28)26-27-19(15)20(30)29-10-6-13(7-11-29)14-4-3-5-16(22)18(14)21(23,24)25/h1-3,13-14H,4-12H2,(H,27,28);2*3-5,14H,2,6-13H2,1H3,(H,27,28);3-5,13H,2,6-12H2,1H3,(H,26,27). The Morgan fingerprint density at radius 3 is 0.895 bits per heavy atom. The minimum Gasteiger partial charge on any atom is -0.378 e. The molecule has 5 fully saturated rings. The van der Waals surface area contributed by atoms with Gasteiger partial charge in [0.25, 0.3) is 23.6 Å². The number of hydrogen-bond acceptors (Lipinski definition) is 13. The highest BCUT2D eigenvalue weighted by atomic mass is 19.4. The zero-order chi connectivity index (χ0) is 88.3. The average molecular weight is 1750 g/mol. The Morgan fingerprint density at radius 2 is 0.629 bits per heavy atom. The van der Waals surface area contributed by atoms with Crippen LogP contribution in [0.15, 0.2) is 72.8 Å². The molecule has 0 radical (unpaired) electrons. The third kappa shape index (κ3) is 19.9. The van der Waals surface area contributed by atoms with Gasteiger partial charge >= 0.3 is 24.7 Å². The van der Waals surface area contributed by atoms with Crippen molar-refractivity contribution in [3.05, 3.63) is 208 Å². The second-order valence-corrected chi connectivity index (χ2v) is 33.3. The number of nitrogens with zero attached hydrogens (tertiary/aromatic N) is 12. The molecule has 17 rings (SSSR count). The Bertz CT molecular complexity index is 4920. The van der Waals surface area contributed by atoms with Gasteiger partial charge in [-0.15, -0.1) is 0 Å². The molecule has 0 saturated carbocycles. The van der Waals surface area contributed by atoms with Crippen LogP contribution in [-0.2, 0) is 81.3 Å². The number of alkyl halides is 12. The first kappa shape index (κ1) is 90.5. The third-order valence-corrected chi connectivity index (χ3v) is 25.7. The maximum absolute atomic E-state index is 14.0. The Balaban J connectivity index is 0.000000135. The number of H-pyrrole nitrogens is 4. The van der Waals surface area contributed by atoms with Crippen molar-refractivity contribution in [3.8, 4) is 0 Å². The fourth-order valence-corrected chi connectivity index (χ4v) is 19.1. The van der Waals surface area contributed by atoms with Gasteiger partial charge in [0, 0.05) is 139 Å². The largest absolute Gasteiger partial charge is 0.419 e. The number of nitrogens with one attached hydrogen (secondary N) is 4. The third-order valence-electron chi connectivity index (χ3n) is 25.7. The van der Waals surface area contributed by atoms with Crippen LogP contribution in [0.3, 0.4) is 0 Å². The molecular weight excluding hydrogens is 1650 g/mol. The van der Waals surface area contributed by atoms with Crippen LogP contribution in [0.25, 0.3) is 0 Å². The summed E-state index contributed by atoms with van der Waals surface area (Å²) in [5.74, 6) is -7.52. The van der Waals surface area contributed by atoms with Crippen LogP contribution in [0.2, 0.25) is 0 Å². The molecule has 8 aromatic rings. The van der Waals surface area contributed by atoms with Crippen molar-refractivity contribution in [3.63, 3.8) is 0 Å². The monoisotopic (exact) mass is 1750 g/mol. The van der Waals surface area contributed by atoms with Crippen LogP contribution in [0.5, 0.6) is 0 Å². The number of carbonyl (C=O) groups is 4. The van der Waals surface area contributed by atoms with Crippen LogP contribution in [0.1, 0.15) is 240 Å². The van der Waals surface area contributed by atoms with Crippen LogP contribution in [0, 0.1) is 23.3 Å². The van der Waals surface area contributed by atoms with E-state index in [1.165, 1.54) is 48.5 Å². The molecule has 9 aliphatic heterocycles. The minimum absolute atomic E-state index is 0.0206. The number of halogens is 16. The van der Waals surface area contributed by atoms with Gasteiger partial charge in [-0.25, -0.2) is 17.6 Å². The number of likely N-dealkylation sites (N-methyl/N-ethyl adjacent to an activating group) is 1. The highest BCUT2D eigenvalue weighted by molar-refractivity contribution is 5.96. The lowest BCUT2D eigenvalue weighted by Gasteiger charge is -2.39. The summed E-state index contributed by atoms with van der Waals surface area (Å²) in [7, 11) is 0. The number of piperidine rings is 4. The van der Waals surface area contributed by atoms with E-state index in [-0.39, 0.29) is 45.9 Å². The molecule has 0 aliphatic carbocycles. The Labute approximate surface area is 705 Å². The van der Waals surface area contributed by atoms with E-state index in [1.807, 2.05) is 0 Å². The summed E-state index contributed by atoms with van der Waals surface area (Å²) in [5, 5.41) is 29.0. The van der Waals surface area contributed by atoms with Crippen LogP contribution < -0.4 is 0 Å². The number of hydrogen-bond donors (Lipinski definition) is 4. The van der Waals surface area contributed by atoms with Gasteiger partial charge in [0.05, 0.1) is 58.6 Å². The van der Waals surface area contributed by atoms with E-state index in [0.717, 1.165) is 173 Å². The van der Waals surface area contributed by atoms with E-state index in [9.17, 15) is 89.4 Å². The summed E-state index contributed by atoms with van der Waals surface area (Å²) in [6.45, 7) is 19.5. The Kier molecular flexibility index (Phi) is 27.9. The summed E-state index contributed by atoms with van der Waals surface area (Å²) in [4.78, 5) is 68.1. The number of ether oxygens (including phenoxy) is 1. The predicted octanol–water partition coefficient (Wildman–Crippen LogP) is 16.0. The molecule has 4 N–H and O–H groups in total. The lowest BCUT2D eigenvalue weighted by atomic mass is 9.86. The van der Waals surface area contributed by atoms with E-state index >= 15 is 0 Å². The normalized spacial score (nSPS) is 19.0. The van der Waals surface area contributed by atoms with E-state index in [4.69, 9.17) is 4.74 Å². The van der Waals surface area contributed by atoms with Crippen LogP contribution in [-0.4, -0.2) is 221 Å². The number of fused-ring (bicyclic) bond motifs is 4. The zero-order valence-electron chi connectivity index (χ0n) is 69.0. The summed E-state index contributed by atoms with van der Waals surface area (Å²) < 4.78 is 221. The van der Waals surface area contributed by atoms with Crippen molar-refractivity contribution < 1.29 is 94.2 Å². The number of likely N-dealkylation sites (tertiary alicyclic amines) is 4. The molecule has 37 heteroatoms. The van der Waals surface area contributed by atoms with Crippen LogP contribution in [0.4, 0.5) is 70.2 Å². The molecule has 0 bridgehead atoms. The van der Waals surface area contributed by atoms with Gasteiger partial charge in [-0.2, -0.15) is 73.1 Å². The average Bonchev–Trinajstić information content (AvgIpc) is 0.897. The number of carbonyl (C=O) groups excluding carboxylic acids is 4. The number of rotatable bonds is 14. The summed E-state index contributed by atoms with van der Waals surface area (Å²) in [6, 6.07) is 14.4. The number of aromatic nitrogens is 8. The second kappa shape index (κ2) is 38.2. The topological polar surface area (TPSA) is 218 Å². The fourth-order valence-electron chi connectivity index (χ4n) is 19.1. The minimum atomic E-state index is -4.75. The molecule has 4 amide bonds. The van der Waals surface area contributed by atoms with Gasteiger partial charge in [0.1, 0.15) is 23.3 Å². The van der Waals surface area contributed by atoms with Gasteiger partial charge in [-0.3, -0.25) is 59.2 Å². The first-order chi connectivity index (χ1) is 59.2. The van der Waals surface area contributed by atoms with Gasteiger partial charge in [0.2, 0.25) is 0 Å². The van der Waals surface area contributed by atoms with Crippen molar-refractivity contribution in [2.24, 2.45) is 0 Å².